The minimum atomic E-state index is 1.01. The molecule has 0 aliphatic rings. The van der Waals surface area contributed by atoms with Gasteiger partial charge >= 0.3 is 0 Å². The van der Waals surface area contributed by atoms with Crippen LogP contribution in [0.5, 0.6) is 0 Å². The predicted molar refractivity (Wildman–Crippen MR) is 87.8 cm³/mol. The van der Waals surface area contributed by atoms with Gasteiger partial charge in [0, 0.05) is 16.5 Å². The molecule has 0 bridgehead atoms. The van der Waals surface area contributed by atoms with Crippen molar-refractivity contribution in [1.82, 2.24) is 9.97 Å². The Bertz CT molecular complexity index is 731. The maximum Gasteiger partial charge on any atom is 0.107 e. The number of aryl methyl sites for hydroxylation is 1. The van der Waals surface area contributed by atoms with Crippen LogP contribution in [0, 0.1) is 0 Å². The van der Waals surface area contributed by atoms with Gasteiger partial charge in [0.2, 0.25) is 0 Å². The number of nitrogens with zero attached hydrogens (tertiary/aromatic N) is 1. The van der Waals surface area contributed by atoms with Crippen LogP contribution in [0.3, 0.4) is 0 Å². The Morgan fingerprint density at radius 3 is 2.65 bits per heavy atom. The highest BCUT2D eigenvalue weighted by atomic mass is 79.9. The smallest absolute Gasteiger partial charge is 0.107 e. The number of rotatable bonds is 4. The van der Waals surface area contributed by atoms with Crippen LogP contribution in [0.1, 0.15) is 25.6 Å². The lowest BCUT2D eigenvalue weighted by atomic mass is 10.0. The van der Waals surface area contributed by atoms with Crippen molar-refractivity contribution in [2.24, 2.45) is 0 Å². The van der Waals surface area contributed by atoms with Gasteiger partial charge in [0.1, 0.15) is 5.82 Å². The van der Waals surface area contributed by atoms with E-state index in [2.05, 4.69) is 64.2 Å². The molecule has 0 aliphatic heterocycles. The monoisotopic (exact) mass is 328 g/mol. The summed E-state index contributed by atoms with van der Waals surface area (Å²) in [5, 5.41) is 0. The van der Waals surface area contributed by atoms with Crippen LogP contribution in [0.15, 0.2) is 46.9 Å². The number of aromatic nitrogens is 2. The Labute approximate surface area is 127 Å². The van der Waals surface area contributed by atoms with Crippen molar-refractivity contribution in [3.8, 4) is 11.1 Å². The largest absolute Gasteiger partial charge is 0.342 e. The maximum atomic E-state index is 4.79. The zero-order valence-corrected chi connectivity index (χ0v) is 13.1. The normalized spacial score (nSPS) is 11.1. The van der Waals surface area contributed by atoms with Crippen molar-refractivity contribution < 1.29 is 0 Å². The number of nitrogens with one attached hydrogen (secondary N) is 1. The van der Waals surface area contributed by atoms with E-state index in [1.54, 1.807) is 0 Å². The molecule has 1 aromatic heterocycles. The molecule has 0 saturated carbocycles. The van der Waals surface area contributed by atoms with Gasteiger partial charge in [-0.1, -0.05) is 59.6 Å². The van der Waals surface area contributed by atoms with Crippen LogP contribution >= 0.6 is 15.9 Å². The fraction of sp³-hybridized carbons (Fsp3) is 0.235. The molecule has 0 aliphatic carbocycles. The van der Waals surface area contributed by atoms with Gasteiger partial charge in [0.25, 0.3) is 0 Å². The predicted octanol–water partition coefficient (Wildman–Crippen LogP) is 5.34. The molecule has 0 unspecified atom stereocenters. The molecule has 0 spiro atoms. The highest BCUT2D eigenvalue weighted by Gasteiger charge is 2.10. The second-order valence-corrected chi connectivity index (χ2v) is 5.82. The number of fused-ring (bicyclic) bond motifs is 1. The van der Waals surface area contributed by atoms with Crippen molar-refractivity contribution >= 4 is 27.0 Å². The lowest BCUT2D eigenvalue weighted by Gasteiger charge is -2.04. The number of aromatic amines is 1. The average molecular weight is 329 g/mol. The Morgan fingerprint density at radius 2 is 1.85 bits per heavy atom. The summed E-state index contributed by atoms with van der Waals surface area (Å²) in [7, 11) is 0. The zero-order valence-electron chi connectivity index (χ0n) is 11.5. The summed E-state index contributed by atoms with van der Waals surface area (Å²) in [6, 6.07) is 14.6. The summed E-state index contributed by atoms with van der Waals surface area (Å²) in [6.45, 7) is 2.20. The molecule has 0 amide bonds. The van der Waals surface area contributed by atoms with Gasteiger partial charge < -0.3 is 4.98 Å². The molecule has 3 rings (SSSR count). The van der Waals surface area contributed by atoms with Crippen LogP contribution in [0.25, 0.3) is 22.2 Å². The van der Waals surface area contributed by atoms with Crippen LogP contribution in [-0.2, 0) is 6.42 Å². The maximum absolute atomic E-state index is 4.79. The van der Waals surface area contributed by atoms with E-state index < -0.39 is 0 Å². The van der Waals surface area contributed by atoms with Crippen LogP contribution in [-0.4, -0.2) is 9.97 Å². The second kappa shape index (κ2) is 5.80. The molecule has 0 fully saturated rings. The van der Waals surface area contributed by atoms with Crippen molar-refractivity contribution in [2.45, 2.75) is 26.2 Å². The molecule has 1 N–H and O–H groups in total. The number of hydrogen-bond donors (Lipinski definition) is 1. The van der Waals surface area contributed by atoms with E-state index in [-0.39, 0.29) is 0 Å². The van der Waals surface area contributed by atoms with Gasteiger partial charge in [-0.25, -0.2) is 4.98 Å². The first-order chi connectivity index (χ1) is 9.79. The Morgan fingerprint density at radius 1 is 1.05 bits per heavy atom. The van der Waals surface area contributed by atoms with Gasteiger partial charge in [0.05, 0.1) is 11.0 Å². The summed E-state index contributed by atoms with van der Waals surface area (Å²) in [5.74, 6) is 1.08. The van der Waals surface area contributed by atoms with Crippen LogP contribution in [0.2, 0.25) is 0 Å². The molecule has 20 heavy (non-hydrogen) atoms. The third kappa shape index (κ3) is 2.50. The number of hydrogen-bond acceptors (Lipinski definition) is 1. The molecule has 3 aromatic rings. The van der Waals surface area contributed by atoms with Gasteiger partial charge in [-0.3, -0.25) is 0 Å². The number of unbranched alkanes of at least 4 members (excludes halogenated alkanes) is 1. The molecule has 2 nitrogen and oxygen atoms in total. The van der Waals surface area contributed by atoms with Gasteiger partial charge in [-0.15, -0.1) is 0 Å². The minimum absolute atomic E-state index is 1.01. The van der Waals surface area contributed by atoms with E-state index in [1.165, 1.54) is 24.0 Å². The molecule has 0 atom stereocenters. The lowest BCUT2D eigenvalue weighted by molar-refractivity contribution is 0.765. The molecule has 102 valence electrons. The van der Waals surface area contributed by atoms with Crippen molar-refractivity contribution in [2.75, 3.05) is 0 Å². The number of halogens is 1. The molecule has 2 aromatic carbocycles. The molecule has 1 heterocycles. The SMILES string of the molecule is CCCCc1nc2c(-c3ccccc3Br)cccc2[nH]1. The standard InChI is InChI=1S/C17H17BrN2/c1-2-3-11-16-19-15-10-6-8-13(17(15)20-16)12-7-4-5-9-14(12)18/h4-10H,2-3,11H2,1H3,(H,19,20). The van der Waals surface area contributed by atoms with E-state index in [0.717, 1.165) is 27.8 Å². The highest BCUT2D eigenvalue weighted by Crippen LogP contribution is 2.32. The summed E-state index contributed by atoms with van der Waals surface area (Å²) in [4.78, 5) is 8.22. The van der Waals surface area contributed by atoms with E-state index >= 15 is 0 Å². The van der Waals surface area contributed by atoms with Crippen LogP contribution in [0.4, 0.5) is 0 Å². The fourth-order valence-corrected chi connectivity index (χ4v) is 2.94. The quantitative estimate of drug-likeness (QED) is 0.688. The fourth-order valence-electron chi connectivity index (χ4n) is 2.44. The Balaban J connectivity index is 2.12. The molecule has 0 saturated heterocycles. The Kier molecular flexibility index (Phi) is 3.88. The number of benzene rings is 2. The molecule has 0 radical (unpaired) electrons. The zero-order chi connectivity index (χ0) is 13.9. The van der Waals surface area contributed by atoms with Crippen molar-refractivity contribution in [1.29, 1.82) is 0 Å². The van der Waals surface area contributed by atoms with E-state index in [0.29, 0.717) is 0 Å². The first kappa shape index (κ1) is 13.4. The summed E-state index contributed by atoms with van der Waals surface area (Å²) in [6.07, 6.45) is 3.37. The highest BCUT2D eigenvalue weighted by molar-refractivity contribution is 9.10. The Hall–Kier alpha value is -1.61. The first-order valence-corrected chi connectivity index (χ1v) is 7.81. The van der Waals surface area contributed by atoms with Crippen molar-refractivity contribution in [3.63, 3.8) is 0 Å². The number of H-pyrrole nitrogens is 1. The van der Waals surface area contributed by atoms with E-state index in [1.807, 2.05) is 6.07 Å². The third-order valence-corrected chi connectivity index (χ3v) is 4.18. The number of imidazole rings is 1. The third-order valence-electron chi connectivity index (χ3n) is 3.49. The topological polar surface area (TPSA) is 28.7 Å². The van der Waals surface area contributed by atoms with Crippen molar-refractivity contribution in [3.05, 3.63) is 52.8 Å². The summed E-state index contributed by atoms with van der Waals surface area (Å²) < 4.78 is 1.10. The second-order valence-electron chi connectivity index (χ2n) is 4.97. The van der Waals surface area contributed by atoms with Gasteiger partial charge in [-0.2, -0.15) is 0 Å². The molecular formula is C17H17BrN2. The molecule has 3 heteroatoms. The average Bonchev–Trinajstić information content (AvgIpc) is 2.88. The summed E-state index contributed by atoms with van der Waals surface area (Å²) in [5.41, 5.74) is 4.54. The lowest BCUT2D eigenvalue weighted by Crippen LogP contribution is -1.86. The molecular weight excluding hydrogens is 312 g/mol. The first-order valence-electron chi connectivity index (χ1n) is 7.02. The summed E-state index contributed by atoms with van der Waals surface area (Å²) >= 11 is 3.63. The van der Waals surface area contributed by atoms with E-state index in [9.17, 15) is 0 Å². The minimum Gasteiger partial charge on any atom is -0.342 e. The van der Waals surface area contributed by atoms with Gasteiger partial charge in [0.15, 0.2) is 0 Å². The number of para-hydroxylation sites is 1. The van der Waals surface area contributed by atoms with E-state index in [4.69, 9.17) is 4.98 Å². The van der Waals surface area contributed by atoms with Gasteiger partial charge in [-0.05, 0) is 24.1 Å². The van der Waals surface area contributed by atoms with Crippen LogP contribution < -0.4 is 0 Å².